The molecule has 96 valence electrons. The molecule has 0 aromatic rings. The highest BCUT2D eigenvalue weighted by Gasteiger charge is 2.16. The third-order valence-corrected chi connectivity index (χ3v) is 5.89. The molecule has 0 amide bonds. The van der Waals surface area contributed by atoms with Crippen molar-refractivity contribution in [3.05, 3.63) is 0 Å². The highest BCUT2D eigenvalue weighted by molar-refractivity contribution is 8.16. The molecule has 2 atom stereocenters. The zero-order chi connectivity index (χ0) is 12.9. The van der Waals surface area contributed by atoms with Crippen molar-refractivity contribution < 1.29 is 9.59 Å². The molecule has 8 heteroatoms. The summed E-state index contributed by atoms with van der Waals surface area (Å²) in [6, 6.07) is 0. The predicted octanol–water partition coefficient (Wildman–Crippen LogP) is 2.81. The van der Waals surface area contributed by atoms with Gasteiger partial charge >= 0.3 is 0 Å². The average Bonchev–Trinajstić information content (AvgIpc) is 2.33. The van der Waals surface area contributed by atoms with Crippen LogP contribution >= 0.6 is 47.0 Å². The Hall–Kier alpha value is 0.160. The lowest BCUT2D eigenvalue weighted by molar-refractivity contribution is 0.558. The summed E-state index contributed by atoms with van der Waals surface area (Å²) < 4.78 is 0. The zero-order valence-corrected chi connectivity index (χ0v) is 12.9. The fourth-order valence-electron chi connectivity index (χ4n) is 0.899. The fourth-order valence-corrected chi connectivity index (χ4v) is 4.24. The van der Waals surface area contributed by atoms with Crippen LogP contribution in [0.5, 0.6) is 0 Å². The van der Waals surface area contributed by atoms with Gasteiger partial charge in [-0.1, -0.05) is 0 Å². The number of carbonyl (C=O) groups excluding carboxylic acids is 2. The lowest BCUT2D eigenvalue weighted by Gasteiger charge is -2.14. The molecule has 0 heterocycles. The van der Waals surface area contributed by atoms with Crippen LogP contribution in [-0.2, 0) is 9.59 Å². The van der Waals surface area contributed by atoms with Gasteiger partial charge in [0.2, 0.25) is 12.2 Å². The molecule has 4 nitrogen and oxygen atoms in total. The van der Waals surface area contributed by atoms with E-state index in [-0.39, 0.29) is 10.7 Å². The molecule has 0 aliphatic carbocycles. The summed E-state index contributed by atoms with van der Waals surface area (Å²) in [7, 11) is 0. The van der Waals surface area contributed by atoms with Gasteiger partial charge in [-0.05, 0) is 12.5 Å². The predicted molar refractivity (Wildman–Crippen MR) is 80.4 cm³/mol. The van der Waals surface area contributed by atoms with Crippen molar-refractivity contribution in [3.8, 4) is 0 Å². The first-order chi connectivity index (χ1) is 8.28. The van der Waals surface area contributed by atoms with E-state index in [4.69, 9.17) is 0 Å². The van der Waals surface area contributed by atoms with Crippen LogP contribution in [0.25, 0.3) is 0 Å². The van der Waals surface area contributed by atoms with Crippen molar-refractivity contribution in [3.63, 3.8) is 0 Å². The lowest BCUT2D eigenvalue weighted by atomic mass is 10.4. The van der Waals surface area contributed by atoms with Crippen molar-refractivity contribution in [2.24, 2.45) is 9.98 Å². The Bertz CT molecular complexity index is 263. The molecule has 0 rings (SSSR count). The van der Waals surface area contributed by atoms with Crippen molar-refractivity contribution >= 4 is 59.2 Å². The summed E-state index contributed by atoms with van der Waals surface area (Å²) in [5.74, 6) is 0. The summed E-state index contributed by atoms with van der Waals surface area (Å²) in [5, 5.41) is 1.33. The highest BCUT2D eigenvalue weighted by Crippen LogP contribution is 2.27. The number of thioether (sulfide) groups is 4. The second-order valence-electron chi connectivity index (χ2n) is 2.73. The zero-order valence-electron chi connectivity index (χ0n) is 9.62. The van der Waals surface area contributed by atoms with E-state index in [2.05, 4.69) is 9.98 Å². The Labute approximate surface area is 118 Å². The molecule has 0 saturated heterocycles. The number of rotatable bonds is 10. The third kappa shape index (κ3) is 9.83. The van der Waals surface area contributed by atoms with Crippen molar-refractivity contribution in [2.75, 3.05) is 22.7 Å². The van der Waals surface area contributed by atoms with Gasteiger partial charge in [-0.25, -0.2) is 9.59 Å². The highest BCUT2D eigenvalue weighted by atomic mass is 32.2. The molecule has 0 aromatic heterocycles. The first-order valence-electron chi connectivity index (χ1n) is 4.63. The van der Waals surface area contributed by atoms with Gasteiger partial charge in [-0.3, -0.25) is 0 Å². The Morgan fingerprint density at radius 2 is 1.35 bits per heavy atom. The molecule has 0 aliphatic rings. The second kappa shape index (κ2) is 12.6. The van der Waals surface area contributed by atoms with Gasteiger partial charge in [-0.2, -0.15) is 33.5 Å². The lowest BCUT2D eigenvalue weighted by Crippen LogP contribution is -2.09. The van der Waals surface area contributed by atoms with Crippen molar-refractivity contribution in [1.29, 1.82) is 0 Å². The van der Waals surface area contributed by atoms with Gasteiger partial charge in [0.25, 0.3) is 0 Å². The first-order valence-corrected chi connectivity index (χ1v) is 9.52. The molecule has 0 saturated carbocycles. The Morgan fingerprint density at radius 1 is 0.941 bits per heavy atom. The topological polar surface area (TPSA) is 58.9 Å². The van der Waals surface area contributed by atoms with Gasteiger partial charge < -0.3 is 0 Å². The number of aliphatic imine (C=N–C) groups is 2. The fraction of sp³-hybridized carbons (Fsp3) is 0.778. The Balaban J connectivity index is 4.32. The molecule has 0 bridgehead atoms. The molecule has 17 heavy (non-hydrogen) atoms. The van der Waals surface area contributed by atoms with Gasteiger partial charge in [0.15, 0.2) is 0 Å². The molecule has 0 spiro atoms. The van der Waals surface area contributed by atoms with Gasteiger partial charge in [0, 0.05) is 16.6 Å². The van der Waals surface area contributed by atoms with Crippen LogP contribution in [0.3, 0.4) is 0 Å². The maximum Gasteiger partial charge on any atom is 0.236 e. The quantitative estimate of drug-likeness (QED) is 0.351. The van der Waals surface area contributed by atoms with E-state index in [1.54, 1.807) is 59.2 Å². The normalized spacial score (nSPS) is 13.3. The summed E-state index contributed by atoms with van der Waals surface area (Å²) >= 11 is 6.45. The van der Waals surface area contributed by atoms with Crippen LogP contribution in [0, 0.1) is 0 Å². The summed E-state index contributed by atoms with van der Waals surface area (Å²) in [4.78, 5) is 28.1. The molecule has 0 aromatic carbocycles. The maximum absolute atomic E-state index is 10.3. The molecular weight excluding hydrogens is 296 g/mol. The van der Waals surface area contributed by atoms with Gasteiger partial charge in [0.05, 0.1) is 0 Å². The molecule has 0 N–H and O–H groups in total. The SMILES string of the molecule is CSCSC(CC(N=C=O)SCSC)N=C=O. The van der Waals surface area contributed by atoms with E-state index >= 15 is 0 Å². The van der Waals surface area contributed by atoms with Crippen molar-refractivity contribution in [2.45, 2.75) is 17.2 Å². The Kier molecular flexibility index (Phi) is 12.7. The molecule has 2 unspecified atom stereocenters. The van der Waals surface area contributed by atoms with Gasteiger partial charge in [-0.15, -0.1) is 23.5 Å². The number of nitrogens with zero attached hydrogens (tertiary/aromatic N) is 2. The number of hydrogen-bond acceptors (Lipinski definition) is 8. The third-order valence-electron chi connectivity index (χ3n) is 1.55. The van der Waals surface area contributed by atoms with Crippen LogP contribution in [0.15, 0.2) is 9.98 Å². The second-order valence-corrected chi connectivity index (χ2v) is 7.53. The minimum atomic E-state index is -0.184. The van der Waals surface area contributed by atoms with E-state index in [9.17, 15) is 9.59 Å². The minimum absolute atomic E-state index is 0.184. The summed E-state index contributed by atoms with van der Waals surface area (Å²) in [6.45, 7) is 0. The largest absolute Gasteiger partial charge is 0.236 e. The van der Waals surface area contributed by atoms with E-state index in [1.165, 1.54) is 0 Å². The first kappa shape index (κ1) is 17.2. The molecule has 0 fully saturated rings. The Morgan fingerprint density at radius 3 is 1.65 bits per heavy atom. The molecular formula is C9H14N2O2S4. The smallest absolute Gasteiger partial charge is 0.211 e. The van der Waals surface area contributed by atoms with Crippen LogP contribution in [0.2, 0.25) is 0 Å². The van der Waals surface area contributed by atoms with E-state index in [0.29, 0.717) is 6.42 Å². The molecule has 0 radical (unpaired) electrons. The van der Waals surface area contributed by atoms with E-state index < -0.39 is 0 Å². The summed E-state index contributed by atoms with van der Waals surface area (Å²) in [5.41, 5.74) is 0. The van der Waals surface area contributed by atoms with Crippen LogP contribution in [0.4, 0.5) is 0 Å². The van der Waals surface area contributed by atoms with Crippen LogP contribution < -0.4 is 0 Å². The maximum atomic E-state index is 10.3. The standard InChI is InChI=1S/C9H14N2O2S4/c1-14-6-16-8(10-4-12)3-9(11-5-13)17-7-15-2/h8-9H,3,6-7H2,1-2H3. The monoisotopic (exact) mass is 310 g/mol. The van der Waals surface area contributed by atoms with Crippen LogP contribution in [0.1, 0.15) is 6.42 Å². The van der Waals surface area contributed by atoms with E-state index in [1.807, 2.05) is 12.5 Å². The van der Waals surface area contributed by atoms with Gasteiger partial charge in [0.1, 0.15) is 10.7 Å². The minimum Gasteiger partial charge on any atom is -0.211 e. The molecule has 0 aliphatic heterocycles. The average molecular weight is 310 g/mol. The van der Waals surface area contributed by atoms with Crippen LogP contribution in [-0.4, -0.2) is 45.6 Å². The summed E-state index contributed by atoms with van der Waals surface area (Å²) in [6.07, 6.45) is 7.67. The number of hydrogen-bond donors (Lipinski definition) is 0. The van der Waals surface area contributed by atoms with Crippen molar-refractivity contribution in [1.82, 2.24) is 0 Å². The number of isocyanates is 2. The van der Waals surface area contributed by atoms with E-state index in [0.717, 1.165) is 10.2 Å².